The normalized spacial score (nSPS) is 11.9. The highest BCUT2D eigenvalue weighted by Crippen LogP contribution is 2.51. The van der Waals surface area contributed by atoms with E-state index < -0.39 is 30.4 Å². The third kappa shape index (κ3) is 9.05. The molecule has 0 radical (unpaired) electrons. The highest BCUT2D eigenvalue weighted by molar-refractivity contribution is 7.86. The quantitative estimate of drug-likeness (QED) is 0.174. The van der Waals surface area contributed by atoms with Crippen molar-refractivity contribution in [1.82, 2.24) is 0 Å². The summed E-state index contributed by atoms with van der Waals surface area (Å²) in [4.78, 5) is 0. The topological polar surface area (TPSA) is 158 Å². The van der Waals surface area contributed by atoms with Gasteiger partial charge in [0.05, 0.1) is 38.6 Å². The molecule has 4 rings (SSSR count). The van der Waals surface area contributed by atoms with Crippen molar-refractivity contribution < 1.29 is 52.0 Å². The standard InChI is InChI=1S/C31H32O12S3/c1-20-7-9-21(10-8-20)19-40-26-16-13-23(17-27(26)42-45(5,34)35)29-28(38-2)18-25(30(39-3)31(29)43-46(6,36)37)22-11-14-24(15-12-22)41-44(4,32)33/h7-18H,19H2,1-6H3. The SMILES string of the molecule is COc1cc(-c2ccc(OS(C)(=O)=O)cc2)c(OC)c(OS(C)(=O)=O)c1-c1ccc(OCc2ccc(C)cc2)c(OS(C)(=O)=O)c1. The van der Waals surface area contributed by atoms with Gasteiger partial charge in [-0.05, 0) is 53.9 Å². The molecule has 246 valence electrons. The number of aryl methyl sites for hydroxylation is 1. The summed E-state index contributed by atoms with van der Waals surface area (Å²) in [7, 11) is -9.28. The van der Waals surface area contributed by atoms with Crippen LogP contribution in [0.5, 0.6) is 34.5 Å². The molecule has 0 aliphatic heterocycles. The molecule has 0 bridgehead atoms. The van der Waals surface area contributed by atoms with Crippen molar-refractivity contribution in [3.8, 4) is 56.8 Å². The molecule has 0 aromatic heterocycles. The first-order valence-electron chi connectivity index (χ1n) is 13.4. The van der Waals surface area contributed by atoms with Crippen LogP contribution in [0.25, 0.3) is 22.3 Å². The third-order valence-corrected chi connectivity index (χ3v) is 7.71. The van der Waals surface area contributed by atoms with Crippen molar-refractivity contribution >= 4 is 30.4 Å². The number of hydrogen-bond acceptors (Lipinski definition) is 12. The van der Waals surface area contributed by atoms with E-state index >= 15 is 0 Å². The lowest BCUT2D eigenvalue weighted by Crippen LogP contribution is -2.10. The molecular weight excluding hydrogens is 661 g/mol. The van der Waals surface area contributed by atoms with Gasteiger partial charge in [-0.3, -0.25) is 0 Å². The summed E-state index contributed by atoms with van der Waals surface area (Å²) in [6.07, 6.45) is 2.65. The van der Waals surface area contributed by atoms with Gasteiger partial charge < -0.3 is 26.8 Å². The van der Waals surface area contributed by atoms with Crippen LogP contribution in [0.3, 0.4) is 0 Å². The first-order chi connectivity index (χ1) is 21.5. The minimum absolute atomic E-state index is 0.0108. The van der Waals surface area contributed by atoms with E-state index in [1.54, 1.807) is 24.3 Å². The van der Waals surface area contributed by atoms with Crippen molar-refractivity contribution in [3.63, 3.8) is 0 Å². The van der Waals surface area contributed by atoms with Crippen LogP contribution in [0.15, 0.2) is 72.8 Å². The van der Waals surface area contributed by atoms with Crippen LogP contribution >= 0.6 is 0 Å². The second kappa shape index (κ2) is 13.5. The van der Waals surface area contributed by atoms with E-state index in [1.807, 2.05) is 31.2 Å². The number of rotatable bonds is 13. The van der Waals surface area contributed by atoms with Gasteiger partial charge in [0.15, 0.2) is 23.0 Å². The molecule has 4 aromatic carbocycles. The van der Waals surface area contributed by atoms with Gasteiger partial charge in [0.1, 0.15) is 18.1 Å². The zero-order chi connectivity index (χ0) is 33.9. The summed E-state index contributed by atoms with van der Waals surface area (Å²) >= 11 is 0. The summed E-state index contributed by atoms with van der Waals surface area (Å²) in [6, 6.07) is 19.5. The van der Waals surface area contributed by atoms with Crippen molar-refractivity contribution in [2.75, 3.05) is 33.0 Å². The molecule has 0 unspecified atom stereocenters. The molecule has 0 aliphatic carbocycles. The molecular formula is C31H32O12S3. The minimum atomic E-state index is -4.15. The van der Waals surface area contributed by atoms with Gasteiger partial charge in [-0.2, -0.15) is 25.3 Å². The molecule has 0 atom stereocenters. The summed E-state index contributed by atoms with van der Waals surface area (Å²) in [6.45, 7) is 2.06. The smallest absolute Gasteiger partial charge is 0.306 e. The van der Waals surface area contributed by atoms with Crippen LogP contribution in [0.2, 0.25) is 0 Å². The van der Waals surface area contributed by atoms with E-state index in [0.29, 0.717) is 11.1 Å². The molecule has 0 amide bonds. The Kier molecular flexibility index (Phi) is 10.1. The van der Waals surface area contributed by atoms with Crippen LogP contribution < -0.4 is 26.8 Å². The molecule has 0 heterocycles. The summed E-state index contributed by atoms with van der Waals surface area (Å²) < 4.78 is 105. The van der Waals surface area contributed by atoms with Crippen LogP contribution in [-0.2, 0) is 37.0 Å². The molecule has 0 fully saturated rings. The fraction of sp³-hybridized carbons (Fsp3) is 0.226. The zero-order valence-electron chi connectivity index (χ0n) is 25.8. The highest BCUT2D eigenvalue weighted by atomic mass is 32.2. The zero-order valence-corrected chi connectivity index (χ0v) is 28.2. The number of benzene rings is 4. The Morgan fingerprint density at radius 2 is 1.15 bits per heavy atom. The van der Waals surface area contributed by atoms with Crippen LogP contribution in [0.4, 0.5) is 0 Å². The van der Waals surface area contributed by atoms with E-state index in [0.717, 1.165) is 29.9 Å². The van der Waals surface area contributed by atoms with Gasteiger partial charge in [-0.25, -0.2) is 0 Å². The summed E-state index contributed by atoms with van der Waals surface area (Å²) in [5, 5.41) is 0. The molecule has 4 aromatic rings. The molecule has 46 heavy (non-hydrogen) atoms. The predicted molar refractivity (Wildman–Crippen MR) is 172 cm³/mol. The first-order valence-corrected chi connectivity index (χ1v) is 18.8. The summed E-state index contributed by atoms with van der Waals surface area (Å²) in [5.74, 6) is -0.130. The molecule has 12 nitrogen and oxygen atoms in total. The van der Waals surface area contributed by atoms with Crippen LogP contribution in [0.1, 0.15) is 11.1 Å². The molecule has 15 heteroatoms. The molecule has 0 aliphatic rings. The van der Waals surface area contributed by atoms with Crippen LogP contribution in [-0.4, -0.2) is 58.2 Å². The number of methoxy groups -OCH3 is 2. The lowest BCUT2D eigenvalue weighted by Gasteiger charge is -2.21. The Labute approximate surface area is 268 Å². The Hall–Kier alpha value is -4.47. The third-order valence-electron chi connectivity index (χ3n) is 6.26. The maximum atomic E-state index is 12.5. The van der Waals surface area contributed by atoms with Gasteiger partial charge in [0.25, 0.3) is 0 Å². The van der Waals surface area contributed by atoms with Gasteiger partial charge in [-0.1, -0.05) is 48.0 Å². The molecule has 0 saturated heterocycles. The second-order valence-electron chi connectivity index (χ2n) is 10.2. The van der Waals surface area contributed by atoms with Crippen molar-refractivity contribution in [2.45, 2.75) is 13.5 Å². The highest BCUT2D eigenvalue weighted by Gasteiger charge is 2.27. The monoisotopic (exact) mass is 692 g/mol. The lowest BCUT2D eigenvalue weighted by atomic mass is 9.96. The van der Waals surface area contributed by atoms with E-state index in [-0.39, 0.29) is 52.2 Å². The largest absolute Gasteiger partial charge is 0.496 e. The van der Waals surface area contributed by atoms with E-state index in [1.165, 1.54) is 38.5 Å². The van der Waals surface area contributed by atoms with Gasteiger partial charge in [-0.15, -0.1) is 0 Å². The fourth-order valence-electron chi connectivity index (χ4n) is 4.42. The van der Waals surface area contributed by atoms with Gasteiger partial charge >= 0.3 is 30.4 Å². The maximum absolute atomic E-state index is 12.5. The van der Waals surface area contributed by atoms with Gasteiger partial charge in [0, 0.05) is 5.56 Å². The first kappa shape index (κ1) is 34.4. The Morgan fingerprint density at radius 1 is 0.565 bits per heavy atom. The van der Waals surface area contributed by atoms with Crippen molar-refractivity contribution in [1.29, 1.82) is 0 Å². The molecule has 0 N–H and O–H groups in total. The average molecular weight is 693 g/mol. The van der Waals surface area contributed by atoms with E-state index in [2.05, 4.69) is 0 Å². The molecule has 0 saturated carbocycles. The van der Waals surface area contributed by atoms with E-state index in [4.69, 9.17) is 26.8 Å². The number of ether oxygens (including phenoxy) is 3. The predicted octanol–water partition coefficient (Wildman–Crippen LogP) is 4.94. The number of hydrogen-bond donors (Lipinski definition) is 0. The van der Waals surface area contributed by atoms with E-state index in [9.17, 15) is 25.3 Å². The summed E-state index contributed by atoms with van der Waals surface area (Å²) in [5.41, 5.74) is 3.06. The second-order valence-corrected chi connectivity index (χ2v) is 14.9. The maximum Gasteiger partial charge on any atom is 0.306 e. The van der Waals surface area contributed by atoms with Crippen molar-refractivity contribution in [3.05, 3.63) is 83.9 Å². The molecule has 0 spiro atoms. The fourth-order valence-corrected chi connectivity index (χ4v) is 5.80. The Bertz CT molecular complexity index is 2050. The minimum Gasteiger partial charge on any atom is -0.496 e. The van der Waals surface area contributed by atoms with Crippen LogP contribution in [0, 0.1) is 6.92 Å². The Morgan fingerprint density at radius 3 is 1.70 bits per heavy atom. The van der Waals surface area contributed by atoms with Gasteiger partial charge in [0.2, 0.25) is 0 Å². The average Bonchev–Trinajstić information content (AvgIpc) is 2.95. The Balaban J connectivity index is 1.90. The lowest BCUT2D eigenvalue weighted by molar-refractivity contribution is 0.296. The van der Waals surface area contributed by atoms with Crippen molar-refractivity contribution in [2.24, 2.45) is 0 Å².